The van der Waals surface area contributed by atoms with Crippen LogP contribution in [0.5, 0.6) is 0 Å². The second kappa shape index (κ2) is 11.5. The fourth-order valence-corrected chi connectivity index (χ4v) is 10.8. The van der Waals surface area contributed by atoms with E-state index in [4.69, 9.17) is 5.73 Å². The Kier molecular flexibility index (Phi) is 7.55. The van der Waals surface area contributed by atoms with E-state index in [0.717, 1.165) is 50.5 Å². The number of aromatic nitrogens is 1. The van der Waals surface area contributed by atoms with Gasteiger partial charge in [0.05, 0.1) is 23.3 Å². The number of allylic oxidation sites excluding steroid dienone is 2. The Balaban J connectivity index is 1.19. The summed E-state index contributed by atoms with van der Waals surface area (Å²) in [6.07, 6.45) is 8.29. The summed E-state index contributed by atoms with van der Waals surface area (Å²) in [6, 6.07) is 20.4. The second-order valence-corrected chi connectivity index (χ2v) is 15.3. The molecule has 7 nitrogen and oxygen atoms in total. The Labute approximate surface area is 277 Å². The second-order valence-electron chi connectivity index (χ2n) is 15.3. The van der Waals surface area contributed by atoms with Crippen molar-refractivity contribution in [3.05, 3.63) is 83.6 Å². The number of aromatic amines is 1. The van der Waals surface area contributed by atoms with Crippen molar-refractivity contribution >= 4 is 16.9 Å². The molecule has 1 heterocycles. The molecular formula is C40H48N4O3. The lowest BCUT2D eigenvalue weighted by atomic mass is 9.49. The molecule has 0 aliphatic heterocycles. The minimum Gasteiger partial charge on any atom is -0.390 e. The molecule has 0 unspecified atom stereocenters. The van der Waals surface area contributed by atoms with Gasteiger partial charge in [-0.05, 0) is 98.6 Å². The van der Waals surface area contributed by atoms with Gasteiger partial charge in [-0.15, -0.1) is 0 Å². The summed E-state index contributed by atoms with van der Waals surface area (Å²) in [5.74, 6) is 7.42. The van der Waals surface area contributed by atoms with Crippen LogP contribution in [0.4, 0.5) is 0 Å². The maximum atomic E-state index is 12.8. The van der Waals surface area contributed by atoms with Gasteiger partial charge in [-0.1, -0.05) is 72.0 Å². The number of rotatable bonds is 6. The Hall–Kier alpha value is -3.57. The SMILES string of the molecule is C[C@@]1(O)[C@@H]2CC[C@@H]3[C@H]4[C@@H]1C[C@H](O)[C@@]4(O)C[C@H](NC(N)=NCCc1ccccc1)C#C[C@H]1CCC=C(Cc4cc5ccccc5[nH]4)[C@@]31C2. The first-order valence-electron chi connectivity index (χ1n) is 17.7. The Morgan fingerprint density at radius 2 is 1.83 bits per heavy atom. The zero-order valence-corrected chi connectivity index (χ0v) is 27.3. The van der Waals surface area contributed by atoms with E-state index in [2.05, 4.69) is 75.7 Å². The summed E-state index contributed by atoms with van der Waals surface area (Å²) in [5.41, 5.74) is 8.66. The topological polar surface area (TPSA) is 127 Å². The number of para-hydroxylation sites is 1. The van der Waals surface area contributed by atoms with Crippen LogP contribution in [-0.2, 0) is 12.8 Å². The molecule has 0 radical (unpaired) electrons. The molecule has 9 rings (SSSR count). The van der Waals surface area contributed by atoms with E-state index in [9.17, 15) is 15.3 Å². The molecule has 47 heavy (non-hydrogen) atoms. The number of aliphatic hydroxyl groups excluding tert-OH is 1. The van der Waals surface area contributed by atoms with Crippen molar-refractivity contribution in [2.24, 2.45) is 45.7 Å². The number of nitrogens with zero attached hydrogens (tertiary/aromatic N) is 1. The quantitative estimate of drug-likeness (QED) is 0.100. The molecule has 7 N–H and O–H groups in total. The maximum Gasteiger partial charge on any atom is 0.189 e. The monoisotopic (exact) mass is 632 g/mol. The van der Waals surface area contributed by atoms with E-state index in [0.29, 0.717) is 18.9 Å². The molecule has 4 saturated carbocycles. The lowest BCUT2D eigenvalue weighted by Gasteiger charge is -2.55. The molecule has 4 fully saturated rings. The van der Waals surface area contributed by atoms with Crippen LogP contribution in [0.3, 0.4) is 0 Å². The highest BCUT2D eigenvalue weighted by Crippen LogP contribution is 2.70. The highest BCUT2D eigenvalue weighted by atomic mass is 16.3. The number of H-pyrrole nitrogens is 1. The van der Waals surface area contributed by atoms with Gasteiger partial charge < -0.3 is 31.4 Å². The third-order valence-corrected chi connectivity index (χ3v) is 13.0. The molecule has 6 aliphatic carbocycles. The van der Waals surface area contributed by atoms with Crippen LogP contribution in [0.25, 0.3) is 10.9 Å². The first-order chi connectivity index (χ1) is 22.7. The summed E-state index contributed by atoms with van der Waals surface area (Å²) in [4.78, 5) is 8.28. The van der Waals surface area contributed by atoms with Crippen LogP contribution >= 0.6 is 0 Å². The number of aliphatic hydroxyl groups is 3. The number of aliphatic imine (C=N–C) groups is 1. The van der Waals surface area contributed by atoms with Gasteiger partial charge in [-0.3, -0.25) is 4.99 Å². The van der Waals surface area contributed by atoms with Crippen molar-refractivity contribution < 1.29 is 15.3 Å². The molecule has 6 aliphatic rings. The number of hydrogen-bond acceptors (Lipinski definition) is 4. The number of fused-ring (bicyclic) bond motifs is 2. The van der Waals surface area contributed by atoms with Gasteiger partial charge in [0.1, 0.15) is 0 Å². The Bertz CT molecular complexity index is 1730. The molecule has 4 bridgehead atoms. The van der Waals surface area contributed by atoms with Crippen LogP contribution < -0.4 is 11.1 Å². The first kappa shape index (κ1) is 30.7. The molecular weight excluding hydrogens is 584 g/mol. The molecule has 3 aromatic rings. The lowest BCUT2D eigenvalue weighted by molar-refractivity contribution is -0.126. The van der Waals surface area contributed by atoms with Gasteiger partial charge >= 0.3 is 0 Å². The number of nitrogens with two attached hydrogens (primary N) is 1. The Morgan fingerprint density at radius 1 is 1.02 bits per heavy atom. The average molecular weight is 633 g/mol. The summed E-state index contributed by atoms with van der Waals surface area (Å²) in [6.45, 7) is 2.53. The zero-order chi connectivity index (χ0) is 32.4. The summed E-state index contributed by atoms with van der Waals surface area (Å²) >= 11 is 0. The van der Waals surface area contributed by atoms with Gasteiger partial charge in [0.2, 0.25) is 0 Å². The summed E-state index contributed by atoms with van der Waals surface area (Å²) in [5, 5.41) is 41.5. The zero-order valence-electron chi connectivity index (χ0n) is 27.3. The highest BCUT2D eigenvalue weighted by molar-refractivity contribution is 5.80. The molecule has 1 aromatic heterocycles. The predicted octanol–water partition coefficient (Wildman–Crippen LogP) is 4.86. The number of benzene rings is 2. The first-order valence-corrected chi connectivity index (χ1v) is 17.7. The molecule has 7 heteroatoms. The van der Waals surface area contributed by atoms with E-state index in [1.165, 1.54) is 22.2 Å². The van der Waals surface area contributed by atoms with E-state index >= 15 is 0 Å². The van der Waals surface area contributed by atoms with Gasteiger partial charge in [0, 0.05) is 41.9 Å². The van der Waals surface area contributed by atoms with Crippen molar-refractivity contribution in [2.75, 3.05) is 6.54 Å². The van der Waals surface area contributed by atoms with E-state index < -0.39 is 23.3 Å². The van der Waals surface area contributed by atoms with Crippen LogP contribution in [0.2, 0.25) is 0 Å². The van der Waals surface area contributed by atoms with Crippen LogP contribution in [-0.4, -0.2) is 56.2 Å². The van der Waals surface area contributed by atoms with Gasteiger partial charge in [0.15, 0.2) is 5.96 Å². The number of hydrogen-bond donors (Lipinski definition) is 6. The van der Waals surface area contributed by atoms with Crippen molar-refractivity contribution in [2.45, 2.75) is 88.1 Å². The van der Waals surface area contributed by atoms with Gasteiger partial charge in [-0.25, -0.2) is 0 Å². The van der Waals surface area contributed by atoms with Crippen LogP contribution in [0.1, 0.15) is 63.1 Å². The van der Waals surface area contributed by atoms with E-state index in [1.54, 1.807) is 0 Å². The molecule has 0 saturated heterocycles. The summed E-state index contributed by atoms with van der Waals surface area (Å²) < 4.78 is 0. The highest BCUT2D eigenvalue weighted by Gasteiger charge is 2.70. The van der Waals surface area contributed by atoms with Crippen LogP contribution in [0.15, 0.2) is 77.3 Å². The van der Waals surface area contributed by atoms with Crippen molar-refractivity contribution in [3.63, 3.8) is 0 Å². The van der Waals surface area contributed by atoms with E-state index in [1.807, 2.05) is 25.1 Å². The molecule has 10 atom stereocenters. The van der Waals surface area contributed by atoms with Crippen molar-refractivity contribution in [1.82, 2.24) is 10.3 Å². The summed E-state index contributed by atoms with van der Waals surface area (Å²) in [7, 11) is 0. The lowest BCUT2D eigenvalue weighted by Crippen LogP contribution is -2.56. The van der Waals surface area contributed by atoms with Crippen LogP contribution in [0, 0.1) is 46.8 Å². The van der Waals surface area contributed by atoms with Crippen molar-refractivity contribution in [3.8, 4) is 11.8 Å². The molecule has 2 aromatic carbocycles. The minimum atomic E-state index is -1.42. The van der Waals surface area contributed by atoms with Crippen molar-refractivity contribution in [1.29, 1.82) is 0 Å². The fraction of sp³-hybridized carbons (Fsp3) is 0.525. The average Bonchev–Trinajstić information content (AvgIpc) is 3.54. The maximum absolute atomic E-state index is 12.8. The molecule has 246 valence electrons. The standard InChI is InChI=1S/C40H48N4O3/c1-38(46)29-15-17-32-36-33(38)22-35(45)40(36,47)24-30(44-37(41)42-19-18-25-8-3-2-4-9-25)16-14-27-11-7-12-28(39(27,32)23-29)21-31-20-26-10-5-6-13-34(26)43-31/h2-6,8-10,12-13,20,27,29-30,32-33,35-36,43,45-47H,7,11,15,17-19,21-24H2,1H3,(H3,41,42,44)/t27-,29-,30-,32-,33+,35+,36+,38-,39+,40+/m1/s1. The third kappa shape index (κ3) is 5.03. The molecule has 1 spiro atoms. The predicted molar refractivity (Wildman–Crippen MR) is 185 cm³/mol. The fourth-order valence-electron chi connectivity index (χ4n) is 10.8. The minimum absolute atomic E-state index is 0.0786. The normalized spacial score (nSPS) is 39.1. The number of nitrogens with one attached hydrogen (secondary N) is 2. The smallest absolute Gasteiger partial charge is 0.189 e. The third-order valence-electron chi connectivity index (χ3n) is 13.0. The number of guanidine groups is 1. The largest absolute Gasteiger partial charge is 0.390 e. The van der Waals surface area contributed by atoms with Gasteiger partial charge in [0.25, 0.3) is 0 Å². The molecule has 0 amide bonds. The van der Waals surface area contributed by atoms with Gasteiger partial charge in [-0.2, -0.15) is 0 Å². The van der Waals surface area contributed by atoms with E-state index in [-0.39, 0.29) is 41.4 Å². The Morgan fingerprint density at radius 3 is 2.66 bits per heavy atom.